The zero-order chi connectivity index (χ0) is 16.1. The fourth-order valence-corrected chi connectivity index (χ4v) is 3.08. The van der Waals surface area contributed by atoms with E-state index >= 15 is 0 Å². The largest absolute Gasteiger partial charge is 0.471 e. The molecule has 0 bridgehead atoms. The fraction of sp³-hybridized carbons (Fsp3) is 0.667. The van der Waals surface area contributed by atoms with Crippen molar-refractivity contribution in [1.29, 1.82) is 0 Å². The minimum absolute atomic E-state index is 0.104. The molecule has 2 unspecified atom stereocenters. The number of hydrogen-bond acceptors (Lipinski definition) is 3. The molecule has 1 fully saturated rings. The van der Waals surface area contributed by atoms with Crippen LogP contribution in [0.25, 0.3) is 0 Å². The number of nitrogens with zero attached hydrogens (tertiary/aromatic N) is 1. The molecule has 0 radical (unpaired) electrons. The Bertz CT molecular complexity index is 571. The van der Waals surface area contributed by atoms with E-state index in [1.165, 1.54) is 6.07 Å². The summed E-state index contributed by atoms with van der Waals surface area (Å²) in [6.45, 7) is 0.823. The van der Waals surface area contributed by atoms with E-state index < -0.39 is 18.3 Å². The highest BCUT2D eigenvalue weighted by molar-refractivity contribution is 5.37. The molecule has 2 aliphatic rings. The van der Waals surface area contributed by atoms with Crippen molar-refractivity contribution in [2.75, 3.05) is 0 Å². The van der Waals surface area contributed by atoms with Gasteiger partial charge < -0.3 is 10.5 Å². The van der Waals surface area contributed by atoms with E-state index in [9.17, 15) is 17.6 Å². The van der Waals surface area contributed by atoms with Gasteiger partial charge in [-0.05, 0) is 25.3 Å². The summed E-state index contributed by atoms with van der Waals surface area (Å²) in [6, 6.07) is 0.982. The van der Waals surface area contributed by atoms with Crippen LogP contribution in [0.3, 0.4) is 0 Å². The molecule has 1 aromatic rings. The third kappa shape index (κ3) is 2.55. The summed E-state index contributed by atoms with van der Waals surface area (Å²) in [7, 11) is 0. The number of aromatic nitrogens is 1. The van der Waals surface area contributed by atoms with Crippen LogP contribution >= 0.6 is 0 Å². The monoisotopic (exact) mass is 318 g/mol. The topological polar surface area (TPSA) is 48.1 Å². The van der Waals surface area contributed by atoms with Gasteiger partial charge in [0.25, 0.3) is 0 Å². The lowest BCUT2D eigenvalue weighted by molar-refractivity contribution is -0.186. The van der Waals surface area contributed by atoms with Crippen LogP contribution in [0, 0.1) is 5.92 Å². The Labute approximate surface area is 125 Å². The van der Waals surface area contributed by atoms with Crippen LogP contribution in [0.4, 0.5) is 17.6 Å². The number of pyridine rings is 1. The van der Waals surface area contributed by atoms with Gasteiger partial charge >= 0.3 is 6.18 Å². The van der Waals surface area contributed by atoms with Crippen LogP contribution in [-0.2, 0) is 0 Å². The molecule has 7 heteroatoms. The van der Waals surface area contributed by atoms with Gasteiger partial charge in [0, 0.05) is 29.8 Å². The predicted octanol–water partition coefficient (Wildman–Crippen LogP) is 4.00. The van der Waals surface area contributed by atoms with Crippen molar-refractivity contribution in [3.05, 3.63) is 23.4 Å². The van der Waals surface area contributed by atoms with E-state index in [2.05, 4.69) is 4.98 Å². The average molecular weight is 318 g/mol. The van der Waals surface area contributed by atoms with Gasteiger partial charge in [0.05, 0.1) is 5.92 Å². The van der Waals surface area contributed by atoms with Gasteiger partial charge in [-0.3, -0.25) is 0 Å². The molecule has 0 saturated heterocycles. The molecule has 0 amide bonds. The summed E-state index contributed by atoms with van der Waals surface area (Å²) < 4.78 is 57.9. The Morgan fingerprint density at radius 1 is 1.41 bits per heavy atom. The van der Waals surface area contributed by atoms with Crippen molar-refractivity contribution >= 4 is 0 Å². The van der Waals surface area contributed by atoms with Gasteiger partial charge in [0.1, 0.15) is 11.8 Å². The van der Waals surface area contributed by atoms with Gasteiger partial charge in [-0.2, -0.15) is 13.2 Å². The molecule has 2 N–H and O–H groups in total. The molecule has 122 valence electrons. The van der Waals surface area contributed by atoms with E-state index in [0.29, 0.717) is 17.9 Å². The summed E-state index contributed by atoms with van der Waals surface area (Å²) >= 11 is 0. The lowest BCUT2D eigenvalue weighted by Gasteiger charge is -2.46. The molecule has 0 aromatic carbocycles. The molecule has 3 nitrogen and oxygen atoms in total. The highest BCUT2D eigenvalue weighted by Gasteiger charge is 2.46. The second kappa shape index (κ2) is 5.08. The number of hydrogen-bond donors (Lipinski definition) is 1. The number of ether oxygens (including phenoxy) is 1. The van der Waals surface area contributed by atoms with Crippen LogP contribution in [0.5, 0.6) is 5.88 Å². The number of fused-ring (bicyclic) bond motifs is 1. The fourth-order valence-electron chi connectivity index (χ4n) is 3.08. The third-order valence-corrected chi connectivity index (χ3v) is 4.74. The molecule has 1 spiro atoms. The molecule has 3 rings (SSSR count). The first kappa shape index (κ1) is 15.5. The molecule has 1 saturated carbocycles. The third-order valence-electron chi connectivity index (χ3n) is 4.74. The zero-order valence-electron chi connectivity index (χ0n) is 12.2. The predicted molar refractivity (Wildman–Crippen MR) is 72.1 cm³/mol. The Hall–Kier alpha value is -1.37. The standard InChI is InChI=1S/C15H18F4N2O/c1-8(15(17,18)19)12(16)9-5-10-11(20)6-14(3-2-4-14)22-13(10)21-7-9/h5,7-8,11-12H,2-4,6,20H2,1H3/t8?,11-,12?/m0/s1. The number of nitrogens with two attached hydrogens (primary N) is 1. The molecule has 1 aromatic heterocycles. The van der Waals surface area contributed by atoms with E-state index in [4.69, 9.17) is 10.5 Å². The van der Waals surface area contributed by atoms with E-state index in [1.807, 2.05) is 0 Å². The van der Waals surface area contributed by atoms with Crippen LogP contribution in [0.2, 0.25) is 0 Å². The summed E-state index contributed by atoms with van der Waals surface area (Å²) in [6.07, 6.45) is -2.17. The Morgan fingerprint density at radius 3 is 2.64 bits per heavy atom. The van der Waals surface area contributed by atoms with Gasteiger partial charge in [0.2, 0.25) is 5.88 Å². The molecule has 22 heavy (non-hydrogen) atoms. The quantitative estimate of drug-likeness (QED) is 0.839. The van der Waals surface area contributed by atoms with Gasteiger partial charge in [-0.15, -0.1) is 0 Å². The van der Waals surface area contributed by atoms with Crippen molar-refractivity contribution in [3.8, 4) is 5.88 Å². The summed E-state index contributed by atoms with van der Waals surface area (Å²) in [5.74, 6) is -1.76. The first-order chi connectivity index (χ1) is 10.2. The smallest absolute Gasteiger partial charge is 0.394 e. The van der Waals surface area contributed by atoms with Gasteiger partial charge in [0.15, 0.2) is 0 Å². The summed E-state index contributed by atoms with van der Waals surface area (Å²) in [5, 5.41) is 0. The lowest BCUT2D eigenvalue weighted by Crippen LogP contribution is -2.48. The van der Waals surface area contributed by atoms with Gasteiger partial charge in [-0.1, -0.05) is 6.92 Å². The zero-order valence-corrected chi connectivity index (χ0v) is 12.2. The number of rotatable bonds is 2. The van der Waals surface area contributed by atoms with Gasteiger partial charge in [-0.25, -0.2) is 9.37 Å². The van der Waals surface area contributed by atoms with Crippen LogP contribution < -0.4 is 10.5 Å². The average Bonchev–Trinajstić information content (AvgIpc) is 2.42. The highest BCUT2D eigenvalue weighted by Crippen LogP contribution is 2.48. The molecular formula is C15H18F4N2O. The number of halogens is 4. The maximum Gasteiger partial charge on any atom is 0.394 e. The normalized spacial score (nSPS) is 25.8. The Kier molecular flexibility index (Phi) is 3.58. The minimum atomic E-state index is -4.59. The van der Waals surface area contributed by atoms with E-state index in [0.717, 1.165) is 32.4 Å². The molecule has 1 aliphatic carbocycles. The van der Waals surface area contributed by atoms with Crippen molar-refractivity contribution in [3.63, 3.8) is 0 Å². The maximum atomic E-state index is 14.1. The van der Waals surface area contributed by atoms with Crippen LogP contribution in [0.1, 0.15) is 55.9 Å². The number of alkyl halides is 4. The van der Waals surface area contributed by atoms with Crippen molar-refractivity contribution in [2.24, 2.45) is 11.7 Å². The Morgan fingerprint density at radius 2 is 2.09 bits per heavy atom. The van der Waals surface area contributed by atoms with E-state index in [1.54, 1.807) is 0 Å². The molecular weight excluding hydrogens is 300 g/mol. The van der Waals surface area contributed by atoms with Crippen molar-refractivity contribution < 1.29 is 22.3 Å². The molecule has 3 atom stereocenters. The van der Waals surface area contributed by atoms with Crippen LogP contribution in [-0.4, -0.2) is 16.8 Å². The van der Waals surface area contributed by atoms with E-state index in [-0.39, 0.29) is 17.2 Å². The minimum Gasteiger partial charge on any atom is -0.471 e. The second-order valence-corrected chi connectivity index (χ2v) is 6.34. The van der Waals surface area contributed by atoms with Crippen LogP contribution in [0.15, 0.2) is 12.3 Å². The Balaban J connectivity index is 1.87. The summed E-state index contributed by atoms with van der Waals surface area (Å²) in [5.41, 5.74) is 6.20. The highest BCUT2D eigenvalue weighted by atomic mass is 19.4. The van der Waals surface area contributed by atoms with Crippen molar-refractivity contribution in [2.45, 2.75) is 56.6 Å². The first-order valence-electron chi connectivity index (χ1n) is 7.37. The summed E-state index contributed by atoms with van der Waals surface area (Å²) in [4.78, 5) is 4.02. The second-order valence-electron chi connectivity index (χ2n) is 6.34. The SMILES string of the molecule is CC(C(F)c1cnc2c(c1)[C@@H](N)CC1(CCC1)O2)C(F)(F)F. The molecule has 2 heterocycles. The lowest BCUT2D eigenvalue weighted by atomic mass is 9.73. The maximum absolute atomic E-state index is 14.1. The first-order valence-corrected chi connectivity index (χ1v) is 7.37. The van der Waals surface area contributed by atoms with Crippen molar-refractivity contribution in [1.82, 2.24) is 4.98 Å². The molecule has 1 aliphatic heterocycles.